The molecule has 0 unspecified atom stereocenters. The molecule has 0 spiro atoms. The van der Waals surface area contributed by atoms with Gasteiger partial charge in [0.05, 0.1) is 0 Å². The van der Waals surface area contributed by atoms with Crippen molar-refractivity contribution in [3.8, 4) is 0 Å². The predicted molar refractivity (Wildman–Crippen MR) is 106 cm³/mol. The van der Waals surface area contributed by atoms with Crippen LogP contribution >= 0.6 is 31.9 Å². The Morgan fingerprint density at radius 2 is 0.875 bits per heavy atom. The van der Waals surface area contributed by atoms with E-state index in [4.69, 9.17) is 0 Å². The first-order chi connectivity index (χ1) is 11.8. The minimum absolute atomic E-state index is 0.375. The zero-order valence-corrected chi connectivity index (χ0v) is 16.3. The Labute approximate surface area is 159 Å². The number of rotatable bonds is 2. The van der Waals surface area contributed by atoms with Gasteiger partial charge in [-0.3, -0.25) is 0 Å². The summed E-state index contributed by atoms with van der Waals surface area (Å²) in [4.78, 5) is 0. The largest absolute Gasteiger partial charge is 0.0876 e. The summed E-state index contributed by atoms with van der Waals surface area (Å²) in [5, 5.41) is 1.81. The van der Waals surface area contributed by atoms with Gasteiger partial charge in [0, 0.05) is 22.5 Å². The monoisotopic (exact) mass is 438 g/mol. The van der Waals surface area contributed by atoms with Crippen molar-refractivity contribution in [2.75, 3.05) is 0 Å². The van der Waals surface area contributed by atoms with E-state index in [9.17, 15) is 0 Å². The lowest BCUT2D eigenvalue weighted by molar-refractivity contribution is 0.751. The van der Waals surface area contributed by atoms with Crippen LogP contribution in [0.2, 0.25) is 0 Å². The fourth-order valence-corrected chi connectivity index (χ4v) is 5.60. The Hall–Kier alpha value is -1.38. The molecule has 0 amide bonds. The number of benzene rings is 3. The Bertz CT molecular complexity index is 833. The van der Waals surface area contributed by atoms with Crippen molar-refractivity contribution in [1.82, 2.24) is 0 Å². The third-order valence-corrected chi connectivity index (χ3v) is 6.76. The molecule has 0 nitrogen and oxygen atoms in total. The lowest BCUT2D eigenvalue weighted by atomic mass is 9.61. The van der Waals surface area contributed by atoms with E-state index in [1.807, 2.05) is 0 Å². The molecule has 0 fully saturated rings. The second kappa shape index (κ2) is 5.57. The molecule has 0 aromatic heterocycles. The third-order valence-electron chi connectivity index (χ3n) is 5.55. The van der Waals surface area contributed by atoms with Crippen molar-refractivity contribution >= 4 is 31.9 Å². The maximum Gasteiger partial charge on any atom is 0.0349 e. The van der Waals surface area contributed by atoms with E-state index in [0.717, 1.165) is 10.7 Å². The summed E-state index contributed by atoms with van der Waals surface area (Å²) >= 11 is 7.35. The average molecular weight is 440 g/mol. The maximum absolute atomic E-state index is 3.67. The molecule has 3 aromatic rings. The highest BCUT2D eigenvalue weighted by Gasteiger charge is 2.41. The SMILES string of the molecule is BrCc1cc2c(cc1CBr)C1c3ccccc3C2c2ccccc21. The van der Waals surface area contributed by atoms with E-state index in [-0.39, 0.29) is 0 Å². The standard InChI is InChI=1S/C22H16Br2/c23-11-13-9-19-20(10-14(13)12-24)22-16-6-2-1-5-15(16)21(19)17-7-3-4-8-18(17)22/h1-10,21-22H,11-12H2. The highest BCUT2D eigenvalue weighted by Crippen LogP contribution is 2.56. The molecule has 3 aliphatic rings. The molecule has 3 aromatic carbocycles. The molecule has 2 heteroatoms. The molecule has 0 aliphatic heterocycles. The molecule has 0 saturated heterocycles. The van der Waals surface area contributed by atoms with Gasteiger partial charge in [-0.05, 0) is 44.5 Å². The predicted octanol–water partition coefficient (Wildman–Crippen LogP) is 6.46. The molecule has 0 saturated carbocycles. The van der Waals surface area contributed by atoms with E-state index >= 15 is 0 Å². The normalized spacial score (nSPS) is 19.6. The van der Waals surface area contributed by atoms with Gasteiger partial charge < -0.3 is 0 Å². The molecule has 0 heterocycles. The summed E-state index contributed by atoms with van der Waals surface area (Å²) < 4.78 is 0. The zero-order valence-electron chi connectivity index (χ0n) is 13.1. The van der Waals surface area contributed by atoms with E-state index in [0.29, 0.717) is 11.8 Å². The summed E-state index contributed by atoms with van der Waals surface area (Å²) in [5.41, 5.74) is 11.7. The molecule has 24 heavy (non-hydrogen) atoms. The van der Waals surface area contributed by atoms with Crippen LogP contribution in [0.3, 0.4) is 0 Å². The molecule has 0 radical (unpaired) electrons. The molecular formula is C22H16Br2. The molecule has 118 valence electrons. The van der Waals surface area contributed by atoms with Crippen molar-refractivity contribution in [1.29, 1.82) is 0 Å². The summed E-state index contributed by atoms with van der Waals surface area (Å²) in [6, 6.07) is 22.9. The van der Waals surface area contributed by atoms with Crippen LogP contribution < -0.4 is 0 Å². The summed E-state index contributed by atoms with van der Waals surface area (Å²) in [6.07, 6.45) is 0. The number of hydrogen-bond donors (Lipinski definition) is 0. The van der Waals surface area contributed by atoms with Gasteiger partial charge in [0.15, 0.2) is 0 Å². The van der Waals surface area contributed by atoms with Crippen LogP contribution in [-0.2, 0) is 10.7 Å². The molecular weight excluding hydrogens is 424 g/mol. The molecule has 3 aliphatic carbocycles. The Morgan fingerprint density at radius 1 is 0.542 bits per heavy atom. The van der Waals surface area contributed by atoms with E-state index < -0.39 is 0 Å². The highest BCUT2D eigenvalue weighted by molar-refractivity contribution is 9.09. The second-order valence-electron chi connectivity index (χ2n) is 6.64. The van der Waals surface area contributed by atoms with Gasteiger partial charge in [0.2, 0.25) is 0 Å². The second-order valence-corrected chi connectivity index (χ2v) is 7.76. The first kappa shape index (κ1) is 14.9. The highest BCUT2D eigenvalue weighted by atomic mass is 79.9. The molecule has 0 N–H and O–H groups in total. The van der Waals surface area contributed by atoms with Crippen molar-refractivity contribution in [2.24, 2.45) is 0 Å². The molecule has 2 bridgehead atoms. The van der Waals surface area contributed by atoms with Gasteiger partial charge in [-0.1, -0.05) is 92.5 Å². The minimum atomic E-state index is 0.375. The quantitative estimate of drug-likeness (QED) is 0.277. The van der Waals surface area contributed by atoms with Crippen molar-refractivity contribution < 1.29 is 0 Å². The molecule has 0 atom stereocenters. The zero-order chi connectivity index (χ0) is 16.3. The van der Waals surface area contributed by atoms with Gasteiger partial charge in [-0.15, -0.1) is 0 Å². The minimum Gasteiger partial charge on any atom is -0.0876 e. The van der Waals surface area contributed by atoms with Gasteiger partial charge in [0.1, 0.15) is 0 Å². The van der Waals surface area contributed by atoms with E-state index in [2.05, 4.69) is 92.5 Å². The van der Waals surface area contributed by atoms with E-state index in [1.54, 1.807) is 0 Å². The maximum atomic E-state index is 3.67. The van der Waals surface area contributed by atoms with Crippen LogP contribution in [0.4, 0.5) is 0 Å². The third kappa shape index (κ3) is 1.90. The Balaban J connectivity index is 1.86. The lowest BCUT2D eigenvalue weighted by Gasteiger charge is -2.42. The van der Waals surface area contributed by atoms with Gasteiger partial charge in [-0.25, -0.2) is 0 Å². The van der Waals surface area contributed by atoms with Gasteiger partial charge >= 0.3 is 0 Å². The smallest absolute Gasteiger partial charge is 0.0349 e. The van der Waals surface area contributed by atoms with E-state index in [1.165, 1.54) is 44.5 Å². The lowest BCUT2D eigenvalue weighted by Crippen LogP contribution is -2.27. The van der Waals surface area contributed by atoms with Crippen LogP contribution in [-0.4, -0.2) is 0 Å². The Morgan fingerprint density at radius 3 is 1.17 bits per heavy atom. The van der Waals surface area contributed by atoms with Crippen LogP contribution in [0, 0.1) is 0 Å². The first-order valence-corrected chi connectivity index (χ1v) is 10.5. The summed E-state index contributed by atoms with van der Waals surface area (Å²) in [7, 11) is 0. The number of halogens is 2. The Kier molecular flexibility index (Phi) is 3.46. The van der Waals surface area contributed by atoms with Crippen LogP contribution in [0.25, 0.3) is 0 Å². The molecule has 6 rings (SSSR count). The van der Waals surface area contributed by atoms with Gasteiger partial charge in [-0.2, -0.15) is 0 Å². The van der Waals surface area contributed by atoms with Crippen LogP contribution in [0.1, 0.15) is 56.3 Å². The summed E-state index contributed by atoms with van der Waals surface area (Å²) in [6.45, 7) is 0. The van der Waals surface area contributed by atoms with Crippen LogP contribution in [0.5, 0.6) is 0 Å². The first-order valence-electron chi connectivity index (χ1n) is 8.28. The van der Waals surface area contributed by atoms with Crippen molar-refractivity contribution in [3.63, 3.8) is 0 Å². The average Bonchev–Trinajstić information content (AvgIpc) is 2.66. The number of hydrogen-bond acceptors (Lipinski definition) is 0. The van der Waals surface area contributed by atoms with Gasteiger partial charge in [0.25, 0.3) is 0 Å². The topological polar surface area (TPSA) is 0 Å². The fourth-order valence-electron chi connectivity index (χ4n) is 4.55. The van der Waals surface area contributed by atoms with Crippen molar-refractivity contribution in [2.45, 2.75) is 22.5 Å². The fraction of sp³-hybridized carbons (Fsp3) is 0.182. The van der Waals surface area contributed by atoms with Crippen molar-refractivity contribution in [3.05, 3.63) is 105 Å². The summed E-state index contributed by atoms with van der Waals surface area (Å²) in [5.74, 6) is 0.749. The number of alkyl halides is 2. The van der Waals surface area contributed by atoms with Crippen LogP contribution in [0.15, 0.2) is 60.7 Å².